The number of ether oxygens (including phenoxy) is 1. The second-order valence-corrected chi connectivity index (χ2v) is 4.44. The number of carbonyl (C=O) groups is 1. The van der Waals surface area contributed by atoms with Crippen molar-refractivity contribution in [3.05, 3.63) is 0 Å². The monoisotopic (exact) mass is 196 g/mol. The minimum absolute atomic E-state index is 0.237. The molecular formula is C6H13O5P. The fourth-order valence-corrected chi connectivity index (χ4v) is 1.33. The van der Waals surface area contributed by atoms with Crippen LogP contribution in [-0.2, 0) is 23.1 Å². The van der Waals surface area contributed by atoms with E-state index in [1.54, 1.807) is 6.92 Å². The summed E-state index contributed by atoms with van der Waals surface area (Å²) in [5.41, 5.74) is 0. The number of esters is 1. The van der Waals surface area contributed by atoms with E-state index in [2.05, 4.69) is 9.26 Å². The van der Waals surface area contributed by atoms with Gasteiger partial charge >= 0.3 is 13.6 Å². The van der Waals surface area contributed by atoms with Crippen molar-refractivity contribution in [3.63, 3.8) is 0 Å². The summed E-state index contributed by atoms with van der Waals surface area (Å²) in [6.45, 7) is 1.32. The van der Waals surface area contributed by atoms with Crippen molar-refractivity contribution in [2.45, 2.75) is 6.92 Å². The molecule has 5 nitrogen and oxygen atoms in total. The maximum Gasteiger partial charge on any atom is 0.332 e. The number of hydrogen-bond donors (Lipinski definition) is 0. The Morgan fingerprint density at radius 2 is 2.00 bits per heavy atom. The summed E-state index contributed by atoms with van der Waals surface area (Å²) in [4.78, 5) is 10.6. The molecule has 72 valence electrons. The predicted molar refractivity (Wildman–Crippen MR) is 43.1 cm³/mol. The first-order valence-corrected chi connectivity index (χ1v) is 5.17. The van der Waals surface area contributed by atoms with Gasteiger partial charge in [0.05, 0.1) is 7.11 Å². The van der Waals surface area contributed by atoms with Gasteiger partial charge < -0.3 is 9.26 Å². The Labute approximate surface area is 71.5 Å². The SMILES string of the molecule is CCP(=O)(OC)OCC(=O)OC. The van der Waals surface area contributed by atoms with Crippen LogP contribution >= 0.6 is 7.60 Å². The highest BCUT2D eigenvalue weighted by molar-refractivity contribution is 7.53. The molecule has 0 rings (SSSR count). The number of methoxy groups -OCH3 is 1. The van der Waals surface area contributed by atoms with Crippen molar-refractivity contribution in [2.24, 2.45) is 0 Å². The van der Waals surface area contributed by atoms with E-state index in [1.807, 2.05) is 0 Å². The first-order chi connectivity index (χ1) is 5.58. The van der Waals surface area contributed by atoms with Crippen LogP contribution in [0.1, 0.15) is 6.92 Å². The van der Waals surface area contributed by atoms with Crippen molar-refractivity contribution in [3.8, 4) is 0 Å². The largest absolute Gasteiger partial charge is 0.467 e. The van der Waals surface area contributed by atoms with Crippen molar-refractivity contribution in [2.75, 3.05) is 27.0 Å². The lowest BCUT2D eigenvalue weighted by molar-refractivity contribution is -0.143. The quantitative estimate of drug-likeness (QED) is 0.485. The summed E-state index contributed by atoms with van der Waals surface area (Å²) in [7, 11) is -0.538. The third-order valence-electron chi connectivity index (χ3n) is 1.27. The summed E-state index contributed by atoms with van der Waals surface area (Å²) in [6, 6.07) is 0. The van der Waals surface area contributed by atoms with Gasteiger partial charge in [-0.05, 0) is 0 Å². The third kappa shape index (κ3) is 3.85. The number of rotatable bonds is 5. The smallest absolute Gasteiger partial charge is 0.332 e. The highest BCUT2D eigenvalue weighted by Crippen LogP contribution is 2.46. The van der Waals surface area contributed by atoms with Crippen LogP contribution in [0, 0.1) is 0 Å². The number of carbonyl (C=O) groups excluding carboxylic acids is 1. The molecule has 0 aromatic carbocycles. The summed E-state index contributed by atoms with van der Waals surface area (Å²) >= 11 is 0. The molecule has 0 aromatic heterocycles. The molecule has 1 atom stereocenters. The van der Waals surface area contributed by atoms with Crippen LogP contribution in [0.5, 0.6) is 0 Å². The maximum atomic E-state index is 11.3. The predicted octanol–water partition coefficient (Wildman–Crippen LogP) is 1.04. The molecule has 6 heteroatoms. The van der Waals surface area contributed by atoms with Crippen molar-refractivity contribution >= 4 is 13.6 Å². The van der Waals surface area contributed by atoms with Gasteiger partial charge in [0.1, 0.15) is 0 Å². The Morgan fingerprint density at radius 1 is 1.42 bits per heavy atom. The third-order valence-corrected chi connectivity index (χ3v) is 3.13. The first kappa shape index (κ1) is 11.6. The molecule has 1 unspecified atom stereocenters. The Morgan fingerprint density at radius 3 is 2.33 bits per heavy atom. The highest BCUT2D eigenvalue weighted by Gasteiger charge is 2.21. The lowest BCUT2D eigenvalue weighted by atomic mass is 10.8. The van der Waals surface area contributed by atoms with Gasteiger partial charge in [0.25, 0.3) is 0 Å². The maximum absolute atomic E-state index is 11.3. The van der Waals surface area contributed by atoms with E-state index in [-0.39, 0.29) is 12.8 Å². The molecule has 0 heterocycles. The zero-order valence-corrected chi connectivity index (χ0v) is 8.30. The van der Waals surface area contributed by atoms with E-state index >= 15 is 0 Å². The molecule has 0 aliphatic heterocycles. The zero-order chi connectivity index (χ0) is 9.61. The van der Waals surface area contributed by atoms with Crippen LogP contribution < -0.4 is 0 Å². The van der Waals surface area contributed by atoms with Crippen LogP contribution in [0.25, 0.3) is 0 Å². The molecule has 0 bridgehead atoms. The molecule has 0 amide bonds. The van der Waals surface area contributed by atoms with Crippen LogP contribution in [-0.4, -0.2) is 33.0 Å². The lowest BCUT2D eigenvalue weighted by Gasteiger charge is -2.12. The first-order valence-electron chi connectivity index (χ1n) is 3.44. The van der Waals surface area contributed by atoms with Gasteiger partial charge in [0.2, 0.25) is 0 Å². The van der Waals surface area contributed by atoms with Crippen LogP contribution in [0.15, 0.2) is 0 Å². The standard InChI is InChI=1S/C6H13O5P/c1-4-12(8,10-3)11-5-6(7)9-2/h4-5H2,1-3H3. The fraction of sp³-hybridized carbons (Fsp3) is 0.833. The second-order valence-electron chi connectivity index (χ2n) is 1.96. The van der Waals surface area contributed by atoms with Gasteiger partial charge in [-0.2, -0.15) is 0 Å². The van der Waals surface area contributed by atoms with Crippen molar-refractivity contribution in [1.82, 2.24) is 0 Å². The molecule has 0 fully saturated rings. The molecule has 0 aromatic rings. The van der Waals surface area contributed by atoms with E-state index in [1.165, 1.54) is 14.2 Å². The second kappa shape index (κ2) is 5.30. The fourth-order valence-electron chi connectivity index (χ4n) is 0.483. The average Bonchev–Trinajstić information content (AvgIpc) is 2.13. The minimum Gasteiger partial charge on any atom is -0.467 e. The normalized spacial score (nSPS) is 15.2. The van der Waals surface area contributed by atoms with E-state index in [0.29, 0.717) is 0 Å². The zero-order valence-electron chi connectivity index (χ0n) is 7.40. The van der Waals surface area contributed by atoms with E-state index in [0.717, 1.165) is 0 Å². The molecule has 12 heavy (non-hydrogen) atoms. The van der Waals surface area contributed by atoms with Crippen LogP contribution in [0.4, 0.5) is 0 Å². The van der Waals surface area contributed by atoms with Gasteiger partial charge in [-0.15, -0.1) is 0 Å². The number of hydrogen-bond acceptors (Lipinski definition) is 5. The topological polar surface area (TPSA) is 61.8 Å². The molecule has 0 N–H and O–H groups in total. The van der Waals surface area contributed by atoms with Crippen molar-refractivity contribution < 1.29 is 23.1 Å². The van der Waals surface area contributed by atoms with Gasteiger partial charge in [0.15, 0.2) is 6.61 Å². The van der Waals surface area contributed by atoms with Gasteiger partial charge in [-0.25, -0.2) is 4.79 Å². The van der Waals surface area contributed by atoms with Crippen molar-refractivity contribution in [1.29, 1.82) is 0 Å². The highest BCUT2D eigenvalue weighted by atomic mass is 31.2. The van der Waals surface area contributed by atoms with Gasteiger partial charge in [-0.1, -0.05) is 6.92 Å². The lowest BCUT2D eigenvalue weighted by Crippen LogP contribution is -2.10. The summed E-state index contributed by atoms with van der Waals surface area (Å²) < 4.78 is 25.0. The van der Waals surface area contributed by atoms with Crippen LogP contribution in [0.2, 0.25) is 0 Å². The Kier molecular flexibility index (Phi) is 5.13. The van der Waals surface area contributed by atoms with Gasteiger partial charge in [-0.3, -0.25) is 9.09 Å². The minimum atomic E-state index is -3.05. The van der Waals surface area contributed by atoms with Gasteiger partial charge in [0, 0.05) is 13.3 Å². The van der Waals surface area contributed by atoms with E-state index < -0.39 is 13.6 Å². The molecule has 0 saturated heterocycles. The van der Waals surface area contributed by atoms with E-state index in [9.17, 15) is 9.36 Å². The van der Waals surface area contributed by atoms with E-state index in [4.69, 9.17) is 4.52 Å². The summed E-state index contributed by atoms with van der Waals surface area (Å²) in [5, 5.41) is 0. The Balaban J connectivity index is 3.89. The molecular weight excluding hydrogens is 183 g/mol. The Bertz CT molecular complexity index is 182. The summed E-state index contributed by atoms with van der Waals surface area (Å²) in [6.07, 6.45) is 0.237. The molecule has 0 spiro atoms. The molecule has 0 saturated carbocycles. The molecule has 0 aliphatic carbocycles. The summed E-state index contributed by atoms with van der Waals surface area (Å²) in [5.74, 6) is -0.569. The molecule has 0 radical (unpaired) electrons. The van der Waals surface area contributed by atoms with Crippen LogP contribution in [0.3, 0.4) is 0 Å². The Hall–Kier alpha value is -0.380. The average molecular weight is 196 g/mol. The molecule has 0 aliphatic rings.